The summed E-state index contributed by atoms with van der Waals surface area (Å²) >= 11 is 5.30. The van der Waals surface area contributed by atoms with Crippen LogP contribution in [0.3, 0.4) is 0 Å². The zero-order valence-electron chi connectivity index (χ0n) is 10.7. The predicted octanol–water partition coefficient (Wildman–Crippen LogP) is 3.22. The lowest BCUT2D eigenvalue weighted by Gasteiger charge is -2.07. The van der Waals surface area contributed by atoms with Crippen molar-refractivity contribution in [2.45, 2.75) is 20.8 Å². The number of rotatable bonds is 3. The van der Waals surface area contributed by atoms with Crippen LogP contribution in [0.4, 0.5) is 0 Å². The van der Waals surface area contributed by atoms with E-state index in [4.69, 9.17) is 17.0 Å². The summed E-state index contributed by atoms with van der Waals surface area (Å²) in [5.74, 6) is 0.726. The van der Waals surface area contributed by atoms with Gasteiger partial charge in [0.1, 0.15) is 16.1 Å². The van der Waals surface area contributed by atoms with Gasteiger partial charge in [0.15, 0.2) is 0 Å². The van der Waals surface area contributed by atoms with Gasteiger partial charge in [0.25, 0.3) is 0 Å². The third-order valence-corrected chi connectivity index (χ3v) is 2.93. The molecule has 2 aromatic rings. The second-order valence-corrected chi connectivity index (χ2v) is 4.38. The molecule has 0 bridgehead atoms. The topological polar surface area (TPSA) is 50.8 Å². The van der Waals surface area contributed by atoms with Crippen molar-refractivity contribution < 1.29 is 4.74 Å². The van der Waals surface area contributed by atoms with Gasteiger partial charge >= 0.3 is 0 Å². The van der Waals surface area contributed by atoms with Crippen molar-refractivity contribution in [1.82, 2.24) is 15.0 Å². The molecule has 0 aliphatic heterocycles. The van der Waals surface area contributed by atoms with Gasteiger partial charge in [-0.2, -0.15) is 0 Å². The van der Waals surface area contributed by atoms with Crippen LogP contribution in [0.25, 0.3) is 11.3 Å². The Balaban J connectivity index is 2.51. The Bertz CT molecular complexity index is 622. The number of ether oxygens (including phenoxy) is 1. The second kappa shape index (κ2) is 5.27. The molecule has 0 radical (unpaired) electrons. The lowest BCUT2D eigenvalue weighted by molar-refractivity contribution is 0.339. The second-order valence-electron chi connectivity index (χ2n) is 3.97. The zero-order valence-corrected chi connectivity index (χ0v) is 11.5. The number of nitrogens with zero attached hydrogens (tertiary/aromatic N) is 2. The summed E-state index contributed by atoms with van der Waals surface area (Å²) in [7, 11) is 0. The monoisotopic (exact) mass is 261 g/mol. The first-order valence-corrected chi connectivity index (χ1v) is 6.18. The SMILES string of the molecule is CCOc1cncc(-c2nc(C)c(C)[nH]c2=S)c1. The Hall–Kier alpha value is -1.75. The zero-order chi connectivity index (χ0) is 13.1. The fraction of sp³-hybridized carbons (Fsp3) is 0.308. The summed E-state index contributed by atoms with van der Waals surface area (Å²) in [6.07, 6.45) is 3.42. The third kappa shape index (κ3) is 2.56. The lowest BCUT2D eigenvalue weighted by atomic mass is 10.2. The predicted molar refractivity (Wildman–Crippen MR) is 73.3 cm³/mol. The Kier molecular flexibility index (Phi) is 3.72. The summed E-state index contributed by atoms with van der Waals surface area (Å²) < 4.78 is 6.05. The molecule has 0 saturated heterocycles. The van der Waals surface area contributed by atoms with Crippen LogP contribution in [-0.2, 0) is 0 Å². The van der Waals surface area contributed by atoms with Gasteiger partial charge in [0, 0.05) is 17.5 Å². The maximum absolute atomic E-state index is 5.43. The van der Waals surface area contributed by atoms with Gasteiger partial charge in [0.2, 0.25) is 0 Å². The van der Waals surface area contributed by atoms with Crippen molar-refractivity contribution in [3.63, 3.8) is 0 Å². The van der Waals surface area contributed by atoms with E-state index in [0.29, 0.717) is 11.2 Å². The molecule has 0 fully saturated rings. The van der Waals surface area contributed by atoms with Crippen LogP contribution < -0.4 is 4.74 Å². The van der Waals surface area contributed by atoms with Gasteiger partial charge in [-0.15, -0.1) is 0 Å². The summed E-state index contributed by atoms with van der Waals surface area (Å²) in [6, 6.07) is 1.90. The molecule has 4 nitrogen and oxygen atoms in total. The third-order valence-electron chi connectivity index (χ3n) is 2.64. The number of aromatic amines is 1. The standard InChI is InChI=1S/C13H15N3OS/c1-4-17-11-5-10(6-14-7-11)12-13(18)16-9(3)8(2)15-12/h5-7H,4H2,1-3H3,(H,16,18). The van der Waals surface area contributed by atoms with E-state index in [0.717, 1.165) is 28.4 Å². The van der Waals surface area contributed by atoms with Gasteiger partial charge in [0.05, 0.1) is 18.5 Å². The van der Waals surface area contributed by atoms with Crippen molar-refractivity contribution in [1.29, 1.82) is 0 Å². The highest BCUT2D eigenvalue weighted by atomic mass is 32.1. The molecule has 0 saturated carbocycles. The molecular weight excluding hydrogens is 246 g/mol. The van der Waals surface area contributed by atoms with Crippen LogP contribution in [0.15, 0.2) is 18.5 Å². The Morgan fingerprint density at radius 2 is 2.11 bits per heavy atom. The molecule has 2 rings (SSSR count). The normalized spacial score (nSPS) is 10.4. The molecule has 5 heteroatoms. The molecule has 2 aromatic heterocycles. The molecule has 0 spiro atoms. The van der Waals surface area contributed by atoms with Crippen molar-refractivity contribution in [2.24, 2.45) is 0 Å². The number of H-pyrrole nitrogens is 1. The fourth-order valence-corrected chi connectivity index (χ4v) is 1.93. The minimum absolute atomic E-state index is 0.609. The highest BCUT2D eigenvalue weighted by Crippen LogP contribution is 2.22. The van der Waals surface area contributed by atoms with E-state index in [9.17, 15) is 0 Å². The summed E-state index contributed by atoms with van der Waals surface area (Å²) in [6.45, 7) is 6.45. The molecule has 2 heterocycles. The quantitative estimate of drug-likeness (QED) is 0.862. The number of hydrogen-bond donors (Lipinski definition) is 1. The smallest absolute Gasteiger partial charge is 0.138 e. The van der Waals surface area contributed by atoms with Crippen molar-refractivity contribution in [3.05, 3.63) is 34.5 Å². The van der Waals surface area contributed by atoms with E-state index >= 15 is 0 Å². The van der Waals surface area contributed by atoms with E-state index in [-0.39, 0.29) is 0 Å². The molecule has 0 aliphatic rings. The molecule has 0 amide bonds. The molecular formula is C13H15N3OS. The highest BCUT2D eigenvalue weighted by Gasteiger charge is 2.07. The van der Waals surface area contributed by atoms with Crippen molar-refractivity contribution in [3.8, 4) is 17.0 Å². The minimum atomic E-state index is 0.609. The first-order valence-electron chi connectivity index (χ1n) is 5.77. The van der Waals surface area contributed by atoms with E-state index in [1.807, 2.05) is 26.8 Å². The van der Waals surface area contributed by atoms with Gasteiger partial charge in [-0.1, -0.05) is 12.2 Å². The molecule has 0 aromatic carbocycles. The first kappa shape index (κ1) is 12.7. The molecule has 0 atom stereocenters. The number of aryl methyl sites for hydroxylation is 2. The number of hydrogen-bond acceptors (Lipinski definition) is 4. The van der Waals surface area contributed by atoms with Crippen molar-refractivity contribution in [2.75, 3.05) is 6.61 Å². The van der Waals surface area contributed by atoms with Gasteiger partial charge in [-0.3, -0.25) is 4.98 Å². The van der Waals surface area contributed by atoms with Crippen LogP contribution >= 0.6 is 12.2 Å². The Morgan fingerprint density at radius 3 is 2.83 bits per heavy atom. The van der Waals surface area contributed by atoms with Crippen LogP contribution in [0.1, 0.15) is 18.3 Å². The summed E-state index contributed by atoms with van der Waals surface area (Å²) in [4.78, 5) is 11.8. The average Bonchev–Trinajstić information content (AvgIpc) is 2.34. The van der Waals surface area contributed by atoms with Crippen LogP contribution in [0.5, 0.6) is 5.75 Å². The maximum Gasteiger partial charge on any atom is 0.138 e. The van der Waals surface area contributed by atoms with Gasteiger partial charge in [-0.25, -0.2) is 4.98 Å². The molecule has 18 heavy (non-hydrogen) atoms. The molecule has 0 unspecified atom stereocenters. The van der Waals surface area contributed by atoms with E-state index in [1.54, 1.807) is 12.4 Å². The number of aromatic nitrogens is 3. The summed E-state index contributed by atoms with van der Waals surface area (Å²) in [5.41, 5.74) is 3.52. The van der Waals surface area contributed by atoms with E-state index in [2.05, 4.69) is 15.0 Å². The van der Waals surface area contributed by atoms with E-state index < -0.39 is 0 Å². The summed E-state index contributed by atoms with van der Waals surface area (Å²) in [5, 5.41) is 0. The number of pyridine rings is 1. The van der Waals surface area contributed by atoms with E-state index in [1.165, 1.54) is 0 Å². The van der Waals surface area contributed by atoms with Crippen LogP contribution in [0.2, 0.25) is 0 Å². The highest BCUT2D eigenvalue weighted by molar-refractivity contribution is 7.71. The first-order chi connectivity index (χ1) is 8.61. The molecule has 94 valence electrons. The Morgan fingerprint density at radius 1 is 1.33 bits per heavy atom. The van der Waals surface area contributed by atoms with Crippen LogP contribution in [0, 0.1) is 18.5 Å². The van der Waals surface area contributed by atoms with Gasteiger partial charge < -0.3 is 9.72 Å². The Labute approximate surface area is 111 Å². The average molecular weight is 261 g/mol. The fourth-order valence-electron chi connectivity index (χ4n) is 1.61. The maximum atomic E-state index is 5.43. The molecule has 1 N–H and O–H groups in total. The van der Waals surface area contributed by atoms with Crippen LogP contribution in [-0.4, -0.2) is 21.6 Å². The van der Waals surface area contributed by atoms with Gasteiger partial charge in [-0.05, 0) is 26.8 Å². The largest absolute Gasteiger partial charge is 0.492 e. The number of nitrogens with one attached hydrogen (secondary N) is 1. The lowest BCUT2D eigenvalue weighted by Crippen LogP contribution is -1.97. The molecule has 0 aliphatic carbocycles. The van der Waals surface area contributed by atoms with Crippen molar-refractivity contribution >= 4 is 12.2 Å². The minimum Gasteiger partial charge on any atom is -0.492 e.